The molecule has 0 atom stereocenters. The number of carbonyl (C=O) groups excluding carboxylic acids is 1. The van der Waals surface area contributed by atoms with E-state index in [0.29, 0.717) is 20.5 Å². The Morgan fingerprint density at radius 1 is 1.07 bits per heavy atom. The normalized spacial score (nSPS) is 11.1. The Balaban J connectivity index is 1.88. The van der Waals surface area contributed by atoms with Gasteiger partial charge in [0.05, 0.1) is 5.69 Å². The van der Waals surface area contributed by atoms with Gasteiger partial charge in [0.15, 0.2) is 3.95 Å². The Morgan fingerprint density at radius 2 is 1.70 bits per heavy atom. The van der Waals surface area contributed by atoms with Gasteiger partial charge in [-0.2, -0.15) is 0 Å². The standard InChI is InChI=1S/C19H19N3O3S2/c1-19(2,3)25-18(23)22(16-20-21-17(26)27-16)13-9-11-15(12-10-13)24-14-7-5-4-6-8-14/h4-12H,1-3H3,(H,21,26). The first-order chi connectivity index (χ1) is 12.8. The Kier molecular flexibility index (Phi) is 5.57. The maximum Gasteiger partial charge on any atom is 0.421 e. The van der Waals surface area contributed by atoms with E-state index in [1.54, 1.807) is 24.3 Å². The summed E-state index contributed by atoms with van der Waals surface area (Å²) in [6, 6.07) is 16.6. The number of hydrogen-bond donors (Lipinski definition) is 1. The van der Waals surface area contributed by atoms with Crippen LogP contribution in [0.4, 0.5) is 15.6 Å². The number of nitrogens with one attached hydrogen (secondary N) is 1. The van der Waals surface area contributed by atoms with Crippen molar-refractivity contribution in [3.63, 3.8) is 0 Å². The average molecular weight is 402 g/mol. The largest absolute Gasteiger partial charge is 0.457 e. The number of ether oxygens (including phenoxy) is 2. The lowest BCUT2D eigenvalue weighted by atomic mass is 10.2. The van der Waals surface area contributed by atoms with Crippen LogP contribution in [0.1, 0.15) is 20.8 Å². The van der Waals surface area contributed by atoms with Crippen molar-refractivity contribution in [3.8, 4) is 11.5 Å². The zero-order chi connectivity index (χ0) is 19.4. The molecule has 0 aliphatic heterocycles. The molecule has 1 aromatic heterocycles. The molecule has 27 heavy (non-hydrogen) atoms. The van der Waals surface area contributed by atoms with Gasteiger partial charge >= 0.3 is 6.09 Å². The molecule has 0 saturated carbocycles. The summed E-state index contributed by atoms with van der Waals surface area (Å²) in [5.41, 5.74) is -0.0360. The van der Waals surface area contributed by atoms with Crippen LogP contribution in [0.2, 0.25) is 0 Å². The number of aromatic amines is 1. The third-order valence-electron chi connectivity index (χ3n) is 3.27. The molecule has 8 heteroatoms. The maximum absolute atomic E-state index is 12.7. The Labute approximate surface area is 166 Å². The third-order valence-corrected chi connectivity index (χ3v) is 4.34. The molecular formula is C19H19N3O3S2. The van der Waals surface area contributed by atoms with Gasteiger partial charge in [0.1, 0.15) is 17.1 Å². The van der Waals surface area contributed by atoms with Gasteiger partial charge in [-0.05, 0) is 69.4 Å². The number of benzene rings is 2. The minimum Gasteiger partial charge on any atom is -0.457 e. The summed E-state index contributed by atoms with van der Waals surface area (Å²) in [5.74, 6) is 1.39. The number of anilines is 2. The lowest BCUT2D eigenvalue weighted by Gasteiger charge is -2.25. The van der Waals surface area contributed by atoms with Gasteiger partial charge < -0.3 is 9.47 Å². The lowest BCUT2D eigenvalue weighted by molar-refractivity contribution is 0.0599. The maximum atomic E-state index is 12.7. The minimum absolute atomic E-state index is 0.408. The van der Waals surface area contributed by atoms with E-state index in [-0.39, 0.29) is 0 Å². The molecule has 0 fully saturated rings. The van der Waals surface area contributed by atoms with Crippen LogP contribution in [0, 0.1) is 3.95 Å². The van der Waals surface area contributed by atoms with Crippen molar-refractivity contribution in [2.45, 2.75) is 26.4 Å². The molecule has 0 spiro atoms. The first kappa shape index (κ1) is 19.1. The molecule has 1 amide bonds. The molecule has 0 bridgehead atoms. The molecule has 0 aliphatic carbocycles. The van der Waals surface area contributed by atoms with Crippen LogP contribution in [0.5, 0.6) is 11.5 Å². The molecule has 1 heterocycles. The van der Waals surface area contributed by atoms with Gasteiger partial charge in [0.25, 0.3) is 0 Å². The van der Waals surface area contributed by atoms with Crippen LogP contribution in [0.15, 0.2) is 54.6 Å². The Hall–Kier alpha value is -2.71. The SMILES string of the molecule is CC(C)(C)OC(=O)N(c1ccc(Oc2ccccc2)cc1)c1n[nH]c(=S)s1. The predicted octanol–water partition coefficient (Wildman–Crippen LogP) is 6.07. The summed E-state index contributed by atoms with van der Waals surface area (Å²) < 4.78 is 11.8. The van der Waals surface area contributed by atoms with E-state index in [1.165, 1.54) is 16.2 Å². The van der Waals surface area contributed by atoms with Gasteiger partial charge in [0.2, 0.25) is 5.13 Å². The van der Waals surface area contributed by atoms with E-state index in [4.69, 9.17) is 21.7 Å². The van der Waals surface area contributed by atoms with Crippen LogP contribution in [-0.2, 0) is 4.74 Å². The van der Waals surface area contributed by atoms with Gasteiger partial charge in [-0.1, -0.05) is 29.5 Å². The summed E-state index contributed by atoms with van der Waals surface area (Å²) in [6.07, 6.45) is -0.531. The highest BCUT2D eigenvalue weighted by Crippen LogP contribution is 2.31. The monoisotopic (exact) mass is 401 g/mol. The van der Waals surface area contributed by atoms with Crippen molar-refractivity contribution in [1.29, 1.82) is 0 Å². The first-order valence-corrected chi connectivity index (χ1v) is 9.46. The second-order valence-electron chi connectivity index (χ2n) is 6.62. The summed E-state index contributed by atoms with van der Waals surface area (Å²) >= 11 is 6.29. The molecular weight excluding hydrogens is 382 g/mol. The first-order valence-electron chi connectivity index (χ1n) is 8.23. The number of nitrogens with zero attached hydrogens (tertiary/aromatic N) is 2. The lowest BCUT2D eigenvalue weighted by Crippen LogP contribution is -2.33. The fourth-order valence-corrected chi connectivity index (χ4v) is 3.10. The number of aromatic nitrogens is 2. The van der Waals surface area contributed by atoms with Crippen molar-refractivity contribution in [1.82, 2.24) is 10.2 Å². The Bertz CT molecular complexity index is 960. The highest BCUT2D eigenvalue weighted by molar-refractivity contribution is 7.73. The van der Waals surface area contributed by atoms with Crippen LogP contribution < -0.4 is 9.64 Å². The predicted molar refractivity (Wildman–Crippen MR) is 109 cm³/mol. The number of rotatable bonds is 4. The molecule has 3 aromatic rings. The van der Waals surface area contributed by atoms with E-state index in [2.05, 4.69) is 10.2 Å². The van der Waals surface area contributed by atoms with Gasteiger partial charge in [-0.3, -0.25) is 5.10 Å². The number of amides is 1. The zero-order valence-electron chi connectivity index (χ0n) is 15.1. The van der Waals surface area contributed by atoms with E-state index in [1.807, 2.05) is 51.1 Å². The van der Waals surface area contributed by atoms with Crippen molar-refractivity contribution in [3.05, 3.63) is 58.6 Å². The molecule has 6 nitrogen and oxygen atoms in total. The van der Waals surface area contributed by atoms with E-state index < -0.39 is 11.7 Å². The quantitative estimate of drug-likeness (QED) is 0.538. The number of para-hydroxylation sites is 1. The van der Waals surface area contributed by atoms with Crippen molar-refractivity contribution in [2.24, 2.45) is 0 Å². The van der Waals surface area contributed by atoms with Crippen molar-refractivity contribution in [2.75, 3.05) is 4.90 Å². The molecule has 0 unspecified atom stereocenters. The van der Waals surface area contributed by atoms with Crippen LogP contribution in [0.25, 0.3) is 0 Å². The average Bonchev–Trinajstić information content (AvgIpc) is 3.02. The smallest absolute Gasteiger partial charge is 0.421 e. The summed E-state index contributed by atoms with van der Waals surface area (Å²) in [5, 5.41) is 7.22. The number of H-pyrrole nitrogens is 1. The summed E-state index contributed by atoms with van der Waals surface area (Å²) in [6.45, 7) is 5.44. The van der Waals surface area contributed by atoms with E-state index in [0.717, 1.165) is 5.75 Å². The highest BCUT2D eigenvalue weighted by atomic mass is 32.1. The van der Waals surface area contributed by atoms with Crippen LogP contribution in [0.3, 0.4) is 0 Å². The molecule has 3 rings (SSSR count). The van der Waals surface area contributed by atoms with Gasteiger partial charge in [-0.25, -0.2) is 9.69 Å². The second kappa shape index (κ2) is 7.89. The van der Waals surface area contributed by atoms with Crippen LogP contribution >= 0.6 is 23.6 Å². The topological polar surface area (TPSA) is 67.4 Å². The molecule has 0 radical (unpaired) electrons. The van der Waals surface area contributed by atoms with Gasteiger partial charge in [0, 0.05) is 0 Å². The van der Waals surface area contributed by atoms with Crippen LogP contribution in [-0.4, -0.2) is 21.9 Å². The fraction of sp³-hybridized carbons (Fsp3) is 0.211. The minimum atomic E-state index is -0.635. The Morgan fingerprint density at radius 3 is 2.26 bits per heavy atom. The highest BCUT2D eigenvalue weighted by Gasteiger charge is 2.27. The number of carbonyl (C=O) groups is 1. The number of hydrogen-bond acceptors (Lipinski definition) is 6. The zero-order valence-corrected chi connectivity index (χ0v) is 16.8. The van der Waals surface area contributed by atoms with Crippen molar-refractivity contribution < 1.29 is 14.3 Å². The molecule has 0 aliphatic rings. The summed E-state index contributed by atoms with van der Waals surface area (Å²) in [7, 11) is 0. The second-order valence-corrected chi connectivity index (χ2v) is 8.26. The molecule has 0 saturated heterocycles. The fourth-order valence-electron chi connectivity index (χ4n) is 2.21. The van der Waals surface area contributed by atoms with Gasteiger partial charge in [-0.15, -0.1) is 5.10 Å². The molecule has 2 aromatic carbocycles. The summed E-state index contributed by atoms with van der Waals surface area (Å²) in [4.78, 5) is 14.1. The van der Waals surface area contributed by atoms with Crippen molar-refractivity contribution >= 4 is 40.5 Å². The van der Waals surface area contributed by atoms with E-state index >= 15 is 0 Å². The molecule has 1 N–H and O–H groups in total. The molecule has 140 valence electrons. The third kappa shape index (κ3) is 5.15. The van der Waals surface area contributed by atoms with E-state index in [9.17, 15) is 4.79 Å².